The molecular formula is C13H15ClN4. The predicted molar refractivity (Wildman–Crippen MR) is 72.6 cm³/mol. The highest BCUT2D eigenvalue weighted by atomic mass is 35.5. The van der Waals surface area contributed by atoms with Gasteiger partial charge < -0.3 is 5.32 Å². The zero-order valence-electron chi connectivity index (χ0n) is 10.2. The van der Waals surface area contributed by atoms with Gasteiger partial charge in [0.1, 0.15) is 17.3 Å². The molecule has 0 aliphatic carbocycles. The molecule has 0 saturated heterocycles. The van der Waals surface area contributed by atoms with Gasteiger partial charge in [-0.15, -0.1) is 0 Å². The minimum atomic E-state index is 0.523. The fourth-order valence-corrected chi connectivity index (χ4v) is 1.92. The first-order valence-electron chi connectivity index (χ1n) is 5.94. The van der Waals surface area contributed by atoms with E-state index >= 15 is 0 Å². The van der Waals surface area contributed by atoms with E-state index in [2.05, 4.69) is 27.2 Å². The van der Waals surface area contributed by atoms with Crippen LogP contribution in [0, 0.1) is 0 Å². The summed E-state index contributed by atoms with van der Waals surface area (Å²) in [4.78, 5) is 12.5. The second-order valence-electron chi connectivity index (χ2n) is 3.92. The van der Waals surface area contributed by atoms with E-state index in [1.807, 2.05) is 18.2 Å². The molecule has 2 heterocycles. The standard InChI is InChI=1S/C13H15ClN4/c1-2-5-11-12(14)17-9-18-13(11)16-8-10-6-3-4-7-15-10/h3-4,6-7,9H,2,5,8H2,1H3,(H,16,17,18). The molecule has 0 amide bonds. The summed E-state index contributed by atoms with van der Waals surface area (Å²) in [5.41, 5.74) is 1.94. The number of hydrogen-bond acceptors (Lipinski definition) is 4. The third-order valence-corrected chi connectivity index (χ3v) is 2.88. The molecule has 4 nitrogen and oxygen atoms in total. The Morgan fingerprint density at radius 1 is 1.22 bits per heavy atom. The average molecular weight is 263 g/mol. The lowest BCUT2D eigenvalue weighted by Crippen LogP contribution is -2.07. The van der Waals surface area contributed by atoms with Crippen LogP contribution in [-0.2, 0) is 13.0 Å². The van der Waals surface area contributed by atoms with E-state index in [1.165, 1.54) is 6.33 Å². The summed E-state index contributed by atoms with van der Waals surface area (Å²) in [5, 5.41) is 3.78. The van der Waals surface area contributed by atoms with E-state index in [9.17, 15) is 0 Å². The molecule has 0 radical (unpaired) electrons. The zero-order valence-corrected chi connectivity index (χ0v) is 11.0. The second-order valence-corrected chi connectivity index (χ2v) is 4.27. The van der Waals surface area contributed by atoms with Crippen LogP contribution < -0.4 is 5.32 Å². The first kappa shape index (κ1) is 12.8. The maximum Gasteiger partial charge on any atom is 0.137 e. The lowest BCUT2D eigenvalue weighted by atomic mass is 10.2. The molecule has 18 heavy (non-hydrogen) atoms. The SMILES string of the molecule is CCCc1c(Cl)ncnc1NCc1ccccn1. The highest BCUT2D eigenvalue weighted by Gasteiger charge is 2.08. The van der Waals surface area contributed by atoms with Gasteiger partial charge in [0, 0.05) is 11.8 Å². The van der Waals surface area contributed by atoms with Crippen molar-refractivity contribution in [1.82, 2.24) is 15.0 Å². The van der Waals surface area contributed by atoms with Crippen molar-refractivity contribution in [3.63, 3.8) is 0 Å². The van der Waals surface area contributed by atoms with Crippen molar-refractivity contribution in [2.45, 2.75) is 26.3 Å². The van der Waals surface area contributed by atoms with E-state index in [0.29, 0.717) is 11.7 Å². The van der Waals surface area contributed by atoms with Crippen molar-refractivity contribution in [3.05, 3.63) is 47.1 Å². The summed E-state index contributed by atoms with van der Waals surface area (Å²) in [5.74, 6) is 0.794. The van der Waals surface area contributed by atoms with E-state index in [0.717, 1.165) is 29.9 Å². The molecule has 94 valence electrons. The molecule has 1 N–H and O–H groups in total. The van der Waals surface area contributed by atoms with Crippen molar-refractivity contribution in [3.8, 4) is 0 Å². The van der Waals surface area contributed by atoms with Gasteiger partial charge in [-0.3, -0.25) is 4.98 Å². The highest BCUT2D eigenvalue weighted by Crippen LogP contribution is 2.21. The van der Waals surface area contributed by atoms with Crippen LogP contribution in [0.5, 0.6) is 0 Å². The Morgan fingerprint density at radius 3 is 2.83 bits per heavy atom. The number of halogens is 1. The van der Waals surface area contributed by atoms with Crippen LogP contribution in [0.2, 0.25) is 5.15 Å². The molecule has 0 aliphatic heterocycles. The van der Waals surface area contributed by atoms with Gasteiger partial charge in [0.2, 0.25) is 0 Å². The molecule has 0 bridgehead atoms. The first-order valence-corrected chi connectivity index (χ1v) is 6.32. The normalized spacial score (nSPS) is 10.3. The van der Waals surface area contributed by atoms with E-state index in [4.69, 9.17) is 11.6 Å². The van der Waals surface area contributed by atoms with Crippen LogP contribution >= 0.6 is 11.6 Å². The van der Waals surface area contributed by atoms with Crippen molar-refractivity contribution in [1.29, 1.82) is 0 Å². The van der Waals surface area contributed by atoms with Gasteiger partial charge in [0.15, 0.2) is 0 Å². The molecule has 2 rings (SSSR count). The quantitative estimate of drug-likeness (QED) is 0.842. The highest BCUT2D eigenvalue weighted by molar-refractivity contribution is 6.30. The Kier molecular flexibility index (Phi) is 4.47. The van der Waals surface area contributed by atoms with Gasteiger partial charge in [-0.1, -0.05) is 31.0 Å². The molecule has 0 aromatic carbocycles. The number of rotatable bonds is 5. The average Bonchev–Trinajstić information content (AvgIpc) is 2.41. The first-order chi connectivity index (χ1) is 8.81. The van der Waals surface area contributed by atoms with Crippen molar-refractivity contribution in [2.75, 3.05) is 5.32 Å². The van der Waals surface area contributed by atoms with Gasteiger partial charge in [-0.05, 0) is 18.6 Å². The minimum Gasteiger partial charge on any atom is -0.364 e. The topological polar surface area (TPSA) is 50.7 Å². The fraction of sp³-hybridized carbons (Fsp3) is 0.308. The van der Waals surface area contributed by atoms with Gasteiger partial charge in [0.25, 0.3) is 0 Å². The molecule has 0 spiro atoms. The number of anilines is 1. The Labute approximate surface area is 111 Å². The largest absolute Gasteiger partial charge is 0.364 e. The van der Waals surface area contributed by atoms with E-state index in [-0.39, 0.29) is 0 Å². The Bertz CT molecular complexity index is 502. The number of nitrogens with zero attached hydrogens (tertiary/aromatic N) is 3. The maximum absolute atomic E-state index is 6.08. The molecule has 0 saturated carbocycles. The summed E-state index contributed by atoms with van der Waals surface area (Å²) in [7, 11) is 0. The van der Waals surface area contributed by atoms with Gasteiger partial charge in [-0.25, -0.2) is 9.97 Å². The fourth-order valence-electron chi connectivity index (χ4n) is 1.69. The zero-order chi connectivity index (χ0) is 12.8. The van der Waals surface area contributed by atoms with Crippen LogP contribution in [-0.4, -0.2) is 15.0 Å². The lowest BCUT2D eigenvalue weighted by Gasteiger charge is -2.10. The van der Waals surface area contributed by atoms with E-state index in [1.54, 1.807) is 6.20 Å². The summed E-state index contributed by atoms with van der Waals surface area (Å²) in [6.07, 6.45) is 5.12. The Balaban J connectivity index is 2.11. The van der Waals surface area contributed by atoms with Crippen molar-refractivity contribution >= 4 is 17.4 Å². The number of aromatic nitrogens is 3. The number of pyridine rings is 1. The third-order valence-electron chi connectivity index (χ3n) is 2.56. The van der Waals surface area contributed by atoms with Crippen LogP contribution in [0.4, 0.5) is 5.82 Å². The Morgan fingerprint density at radius 2 is 2.11 bits per heavy atom. The minimum absolute atomic E-state index is 0.523. The van der Waals surface area contributed by atoms with Gasteiger partial charge >= 0.3 is 0 Å². The molecular weight excluding hydrogens is 248 g/mol. The van der Waals surface area contributed by atoms with Crippen LogP contribution in [0.1, 0.15) is 24.6 Å². The molecule has 5 heteroatoms. The summed E-state index contributed by atoms with van der Waals surface area (Å²) in [6.45, 7) is 2.73. The second kappa shape index (κ2) is 6.31. The molecule has 2 aromatic rings. The molecule has 0 fully saturated rings. The molecule has 0 unspecified atom stereocenters. The molecule has 2 aromatic heterocycles. The van der Waals surface area contributed by atoms with Gasteiger partial charge in [0.05, 0.1) is 12.2 Å². The summed E-state index contributed by atoms with van der Waals surface area (Å²) in [6, 6.07) is 5.83. The van der Waals surface area contributed by atoms with Crippen LogP contribution in [0.25, 0.3) is 0 Å². The molecule has 0 aliphatic rings. The smallest absolute Gasteiger partial charge is 0.137 e. The molecule has 0 atom stereocenters. The third kappa shape index (κ3) is 3.17. The van der Waals surface area contributed by atoms with Crippen LogP contribution in [0.15, 0.2) is 30.7 Å². The van der Waals surface area contributed by atoms with E-state index < -0.39 is 0 Å². The van der Waals surface area contributed by atoms with Crippen LogP contribution in [0.3, 0.4) is 0 Å². The Hall–Kier alpha value is -1.68. The summed E-state index contributed by atoms with van der Waals surface area (Å²) < 4.78 is 0. The monoisotopic (exact) mass is 262 g/mol. The van der Waals surface area contributed by atoms with Crippen molar-refractivity contribution in [2.24, 2.45) is 0 Å². The number of hydrogen-bond donors (Lipinski definition) is 1. The maximum atomic E-state index is 6.08. The van der Waals surface area contributed by atoms with Gasteiger partial charge in [-0.2, -0.15) is 0 Å². The predicted octanol–water partition coefficient (Wildman–Crippen LogP) is 3.09. The number of nitrogens with one attached hydrogen (secondary N) is 1. The lowest BCUT2D eigenvalue weighted by molar-refractivity contribution is 0.894. The van der Waals surface area contributed by atoms with Crippen molar-refractivity contribution < 1.29 is 0 Å². The summed E-state index contributed by atoms with van der Waals surface area (Å²) >= 11 is 6.08.